The maximum Gasteiger partial charge on any atom is 0.233 e. The van der Waals surface area contributed by atoms with Crippen molar-refractivity contribution in [1.29, 1.82) is 0 Å². The molecule has 0 saturated carbocycles. The second-order valence-electron chi connectivity index (χ2n) is 7.29. The van der Waals surface area contributed by atoms with Crippen LogP contribution in [0.2, 0.25) is 0 Å². The van der Waals surface area contributed by atoms with Gasteiger partial charge in [0.05, 0.1) is 11.8 Å². The van der Waals surface area contributed by atoms with Crippen LogP contribution < -0.4 is 4.90 Å². The fourth-order valence-corrected chi connectivity index (χ4v) is 4.18. The van der Waals surface area contributed by atoms with Crippen molar-refractivity contribution in [3.05, 3.63) is 36.5 Å². The van der Waals surface area contributed by atoms with E-state index in [1.807, 2.05) is 35.3 Å². The van der Waals surface area contributed by atoms with Gasteiger partial charge in [0.1, 0.15) is 5.82 Å². The number of carbonyl (C=O) groups is 3. The third kappa shape index (κ3) is 3.46. The summed E-state index contributed by atoms with van der Waals surface area (Å²) in [5.74, 6) is 0.265. The van der Waals surface area contributed by atoms with Crippen LogP contribution in [0.1, 0.15) is 19.3 Å². The quantitative estimate of drug-likeness (QED) is 0.587. The van der Waals surface area contributed by atoms with Crippen molar-refractivity contribution in [1.82, 2.24) is 14.8 Å². The van der Waals surface area contributed by atoms with Crippen LogP contribution in [0.5, 0.6) is 0 Å². The molecule has 4 rings (SSSR count). The van der Waals surface area contributed by atoms with Crippen molar-refractivity contribution in [3.63, 3.8) is 0 Å². The van der Waals surface area contributed by atoms with Gasteiger partial charge < -0.3 is 9.80 Å². The van der Waals surface area contributed by atoms with E-state index >= 15 is 0 Å². The molecule has 1 aromatic heterocycles. The van der Waals surface area contributed by atoms with Crippen molar-refractivity contribution in [2.75, 3.05) is 37.6 Å². The van der Waals surface area contributed by atoms with E-state index in [1.165, 1.54) is 4.90 Å². The van der Waals surface area contributed by atoms with E-state index in [0.29, 0.717) is 25.9 Å². The van der Waals surface area contributed by atoms with Gasteiger partial charge >= 0.3 is 0 Å². The number of anilines is 1. The molecular formula is C20H24N4O3. The van der Waals surface area contributed by atoms with Gasteiger partial charge in [0, 0.05) is 45.3 Å². The lowest BCUT2D eigenvalue weighted by Crippen LogP contribution is -2.49. The number of rotatable bonds is 4. The Kier molecular flexibility index (Phi) is 4.92. The third-order valence-corrected chi connectivity index (χ3v) is 5.75. The van der Waals surface area contributed by atoms with Crippen LogP contribution in [-0.2, 0) is 14.4 Å². The summed E-state index contributed by atoms with van der Waals surface area (Å²) in [6.07, 6.45) is 7.19. The van der Waals surface area contributed by atoms with Gasteiger partial charge in [-0.3, -0.25) is 19.3 Å². The lowest BCUT2D eigenvalue weighted by atomic mass is 9.85. The summed E-state index contributed by atoms with van der Waals surface area (Å²) in [6, 6.07) is 5.81. The second-order valence-corrected chi connectivity index (χ2v) is 7.29. The Bertz CT molecular complexity index is 730. The molecule has 0 N–H and O–H groups in total. The molecule has 2 atom stereocenters. The van der Waals surface area contributed by atoms with Crippen molar-refractivity contribution in [2.24, 2.45) is 11.8 Å². The predicted molar refractivity (Wildman–Crippen MR) is 99.7 cm³/mol. The molecule has 1 aliphatic carbocycles. The largest absolute Gasteiger partial charge is 0.353 e. The molecule has 142 valence electrons. The Labute approximate surface area is 158 Å². The van der Waals surface area contributed by atoms with Gasteiger partial charge in [-0.25, -0.2) is 4.98 Å². The summed E-state index contributed by atoms with van der Waals surface area (Å²) in [6.45, 7) is 2.93. The lowest BCUT2D eigenvalue weighted by Gasteiger charge is -2.35. The number of imide groups is 1. The van der Waals surface area contributed by atoms with E-state index in [0.717, 1.165) is 18.9 Å². The molecule has 3 aliphatic rings. The standard InChI is InChI=1S/C20H24N4O3/c25-18(23-13-11-22(12-14-23)17-7-3-4-9-21-17)8-10-24-19(26)15-5-1-2-6-16(15)20(24)27/h1-4,7,9,15-16H,5-6,8,10-14H2/t15-,16-/m0/s1. The Morgan fingerprint density at radius 2 is 1.67 bits per heavy atom. The molecular weight excluding hydrogens is 344 g/mol. The Morgan fingerprint density at radius 3 is 2.26 bits per heavy atom. The lowest BCUT2D eigenvalue weighted by molar-refractivity contribution is -0.140. The van der Waals surface area contributed by atoms with Gasteiger partial charge in [-0.1, -0.05) is 18.2 Å². The van der Waals surface area contributed by atoms with Crippen LogP contribution in [0, 0.1) is 11.8 Å². The molecule has 0 radical (unpaired) electrons. The number of piperazine rings is 1. The third-order valence-electron chi connectivity index (χ3n) is 5.75. The van der Waals surface area contributed by atoms with E-state index in [-0.39, 0.29) is 42.5 Å². The van der Waals surface area contributed by atoms with Gasteiger partial charge in [0.25, 0.3) is 0 Å². The van der Waals surface area contributed by atoms with Crippen LogP contribution in [0.25, 0.3) is 0 Å². The van der Waals surface area contributed by atoms with Crippen molar-refractivity contribution in [2.45, 2.75) is 19.3 Å². The molecule has 2 aliphatic heterocycles. The summed E-state index contributed by atoms with van der Waals surface area (Å²) < 4.78 is 0. The highest BCUT2D eigenvalue weighted by Gasteiger charge is 2.47. The van der Waals surface area contributed by atoms with E-state index < -0.39 is 0 Å². The first-order valence-corrected chi connectivity index (χ1v) is 9.59. The topological polar surface area (TPSA) is 73.8 Å². The first-order chi connectivity index (χ1) is 13.1. The molecule has 2 fully saturated rings. The molecule has 3 amide bonds. The number of likely N-dealkylation sites (tertiary alicyclic amines) is 1. The highest BCUT2D eigenvalue weighted by Crippen LogP contribution is 2.35. The van der Waals surface area contributed by atoms with Gasteiger partial charge in [0.15, 0.2) is 0 Å². The highest BCUT2D eigenvalue weighted by molar-refractivity contribution is 6.05. The summed E-state index contributed by atoms with van der Waals surface area (Å²) >= 11 is 0. The molecule has 0 bridgehead atoms. The Hall–Kier alpha value is -2.70. The van der Waals surface area contributed by atoms with E-state index in [2.05, 4.69) is 9.88 Å². The fraction of sp³-hybridized carbons (Fsp3) is 0.500. The zero-order valence-corrected chi connectivity index (χ0v) is 15.3. The van der Waals surface area contributed by atoms with Gasteiger partial charge in [-0.05, 0) is 25.0 Å². The van der Waals surface area contributed by atoms with Gasteiger partial charge in [-0.2, -0.15) is 0 Å². The maximum atomic E-state index is 12.6. The summed E-state index contributed by atoms with van der Waals surface area (Å²) in [5.41, 5.74) is 0. The van der Waals surface area contributed by atoms with Crippen molar-refractivity contribution in [3.8, 4) is 0 Å². The zero-order valence-electron chi connectivity index (χ0n) is 15.3. The predicted octanol–water partition coefficient (Wildman–Crippen LogP) is 1.07. The van der Waals surface area contributed by atoms with Crippen LogP contribution in [-0.4, -0.2) is 65.2 Å². The molecule has 2 saturated heterocycles. The second kappa shape index (κ2) is 7.50. The molecule has 7 nitrogen and oxygen atoms in total. The van der Waals surface area contributed by atoms with E-state index in [9.17, 15) is 14.4 Å². The van der Waals surface area contributed by atoms with Gasteiger partial charge in [-0.15, -0.1) is 0 Å². The Balaban J connectivity index is 1.28. The molecule has 1 aromatic rings. The number of hydrogen-bond acceptors (Lipinski definition) is 5. The van der Waals surface area contributed by atoms with E-state index in [4.69, 9.17) is 0 Å². The fourth-order valence-electron chi connectivity index (χ4n) is 4.18. The molecule has 27 heavy (non-hydrogen) atoms. The average molecular weight is 368 g/mol. The summed E-state index contributed by atoms with van der Waals surface area (Å²) in [7, 11) is 0. The first-order valence-electron chi connectivity index (χ1n) is 9.59. The smallest absolute Gasteiger partial charge is 0.233 e. The first kappa shape index (κ1) is 17.7. The van der Waals surface area contributed by atoms with Crippen LogP contribution in [0.3, 0.4) is 0 Å². The number of allylic oxidation sites excluding steroid dienone is 2. The number of aromatic nitrogens is 1. The minimum Gasteiger partial charge on any atom is -0.353 e. The summed E-state index contributed by atoms with van der Waals surface area (Å²) in [4.78, 5) is 47.1. The van der Waals surface area contributed by atoms with E-state index in [1.54, 1.807) is 6.20 Å². The normalized spacial score (nSPS) is 25.1. The number of amides is 3. The number of nitrogens with zero attached hydrogens (tertiary/aromatic N) is 4. The number of hydrogen-bond donors (Lipinski definition) is 0. The Morgan fingerprint density at radius 1 is 1.00 bits per heavy atom. The summed E-state index contributed by atoms with van der Waals surface area (Å²) in [5, 5.41) is 0. The molecule has 0 unspecified atom stereocenters. The zero-order chi connectivity index (χ0) is 18.8. The molecule has 0 spiro atoms. The average Bonchev–Trinajstić information content (AvgIpc) is 2.97. The minimum absolute atomic E-state index is 0.00395. The van der Waals surface area contributed by atoms with Crippen LogP contribution in [0.4, 0.5) is 5.82 Å². The van der Waals surface area contributed by atoms with Crippen molar-refractivity contribution < 1.29 is 14.4 Å². The molecule has 3 heterocycles. The van der Waals surface area contributed by atoms with Crippen molar-refractivity contribution >= 4 is 23.5 Å². The monoisotopic (exact) mass is 368 g/mol. The minimum atomic E-state index is -0.223. The van der Waals surface area contributed by atoms with Crippen LogP contribution in [0.15, 0.2) is 36.5 Å². The highest BCUT2D eigenvalue weighted by atomic mass is 16.2. The number of pyridine rings is 1. The maximum absolute atomic E-state index is 12.6. The molecule has 7 heteroatoms. The number of carbonyl (C=O) groups excluding carboxylic acids is 3. The SMILES string of the molecule is O=C(CCN1C(=O)[C@H]2CC=CC[C@@H]2C1=O)N1CCN(c2ccccn2)CC1. The molecule has 0 aromatic carbocycles. The van der Waals surface area contributed by atoms with Crippen LogP contribution >= 0.6 is 0 Å². The van der Waals surface area contributed by atoms with Gasteiger partial charge in [0.2, 0.25) is 17.7 Å². The number of fused-ring (bicyclic) bond motifs is 1.